The number of esters is 1. The Bertz CT molecular complexity index is 919. The molecule has 0 aromatic rings. The number of rotatable bonds is 1. The van der Waals surface area contributed by atoms with Gasteiger partial charge in [0.25, 0.3) is 0 Å². The number of ether oxygens (including phenoxy) is 2. The number of hydrogen-bond acceptors (Lipinski definition) is 11. The first-order chi connectivity index (χ1) is 14.3. The highest BCUT2D eigenvalue weighted by Gasteiger charge is 2.91. The first-order valence-corrected chi connectivity index (χ1v) is 10.2. The summed E-state index contributed by atoms with van der Waals surface area (Å²) in [6.45, 7) is 1.23. The van der Waals surface area contributed by atoms with Gasteiger partial charge in [0, 0.05) is 11.3 Å². The van der Waals surface area contributed by atoms with E-state index in [9.17, 15) is 45.3 Å². The number of aliphatic hydroxyl groups excluding tert-OH is 4. The molecule has 5 aliphatic rings. The zero-order valence-corrected chi connectivity index (χ0v) is 16.9. The lowest BCUT2D eigenvalue weighted by molar-refractivity contribution is -0.416. The Kier molecular flexibility index (Phi) is 3.95. The monoisotopic (exact) mass is 442 g/mol. The molecule has 2 bridgehead atoms. The van der Waals surface area contributed by atoms with Crippen LogP contribution in [0.3, 0.4) is 0 Å². The van der Waals surface area contributed by atoms with E-state index in [1.165, 1.54) is 13.0 Å². The van der Waals surface area contributed by atoms with E-state index in [1.807, 2.05) is 0 Å². The lowest BCUT2D eigenvalue weighted by Gasteiger charge is -2.71. The number of fused-ring (bicyclic) bond motifs is 1. The van der Waals surface area contributed by atoms with Crippen LogP contribution < -0.4 is 0 Å². The van der Waals surface area contributed by atoms with Gasteiger partial charge in [0.1, 0.15) is 23.9 Å². The van der Waals surface area contributed by atoms with Crippen molar-refractivity contribution in [1.82, 2.24) is 0 Å². The molecule has 2 saturated carbocycles. The highest BCUT2D eigenvalue weighted by atomic mass is 16.7. The van der Waals surface area contributed by atoms with E-state index in [0.29, 0.717) is 5.57 Å². The van der Waals surface area contributed by atoms with Crippen LogP contribution >= 0.6 is 0 Å². The summed E-state index contributed by atoms with van der Waals surface area (Å²) in [5.74, 6) is -6.66. The standard InChI is InChI=1S/C20H26O11/c1-7-3-9(22)11(23)16(2)8(7)4-10-17-6-30-19(28,14(16)17)15(26)18(27,5-21)20(17,29)12(24)13(25)31-10/h3,8,10-12,14-15,21,23-24,26-29H,4-6H2,1-2H3. The van der Waals surface area contributed by atoms with Crippen LogP contribution in [-0.2, 0) is 19.1 Å². The van der Waals surface area contributed by atoms with E-state index in [-0.39, 0.29) is 6.42 Å². The zero-order chi connectivity index (χ0) is 22.9. The largest absolute Gasteiger partial charge is 0.460 e. The topological polar surface area (TPSA) is 194 Å². The molecular formula is C20H26O11. The first kappa shape index (κ1) is 21.4. The number of carbonyl (C=O) groups is 2. The van der Waals surface area contributed by atoms with Crippen LogP contribution in [0.4, 0.5) is 0 Å². The van der Waals surface area contributed by atoms with Crippen LogP contribution in [0.2, 0.25) is 0 Å². The summed E-state index contributed by atoms with van der Waals surface area (Å²) in [5, 5.41) is 77.4. The van der Waals surface area contributed by atoms with Gasteiger partial charge in [-0.15, -0.1) is 0 Å². The van der Waals surface area contributed by atoms with Crippen molar-refractivity contribution in [3.05, 3.63) is 11.6 Å². The second kappa shape index (κ2) is 5.72. The molecule has 11 atom stereocenters. The molecule has 11 unspecified atom stereocenters. The van der Waals surface area contributed by atoms with Gasteiger partial charge < -0.3 is 45.2 Å². The maximum atomic E-state index is 12.6. The lowest BCUT2D eigenvalue weighted by Crippen LogP contribution is -2.90. The molecule has 2 heterocycles. The fourth-order valence-electron chi connectivity index (χ4n) is 7.66. The molecule has 2 aliphatic heterocycles. The predicted molar refractivity (Wildman–Crippen MR) is 96.7 cm³/mol. The van der Waals surface area contributed by atoms with E-state index in [0.717, 1.165) is 0 Å². The van der Waals surface area contributed by atoms with Crippen molar-refractivity contribution < 1.29 is 54.8 Å². The number of hydrogen-bond donors (Lipinski definition) is 7. The van der Waals surface area contributed by atoms with Gasteiger partial charge in [-0.3, -0.25) is 4.79 Å². The molecule has 7 N–H and O–H groups in total. The third-order valence-corrected chi connectivity index (χ3v) is 8.98. The number of aliphatic hydroxyl groups is 7. The molecule has 0 aromatic heterocycles. The fraction of sp³-hybridized carbons (Fsp3) is 0.800. The third kappa shape index (κ3) is 1.84. The molecule has 0 radical (unpaired) electrons. The summed E-state index contributed by atoms with van der Waals surface area (Å²) in [6.07, 6.45) is -6.46. The summed E-state index contributed by atoms with van der Waals surface area (Å²) < 4.78 is 11.0. The minimum Gasteiger partial charge on any atom is -0.460 e. The highest BCUT2D eigenvalue weighted by Crippen LogP contribution is 2.75. The Labute approximate surface area is 176 Å². The summed E-state index contributed by atoms with van der Waals surface area (Å²) >= 11 is 0. The quantitative estimate of drug-likeness (QED) is 0.198. The van der Waals surface area contributed by atoms with Crippen molar-refractivity contribution >= 4 is 11.8 Å². The van der Waals surface area contributed by atoms with Gasteiger partial charge in [0.2, 0.25) is 0 Å². The number of ketones is 1. The molecule has 1 spiro atoms. The average Bonchev–Trinajstić information content (AvgIpc) is 3.04. The SMILES string of the molecule is CC1=CC(=O)C(O)C2(C)C1CC1OC(=O)C(O)C3(O)C(O)(CO)C(O)C4(O)OCC13C42. The van der Waals surface area contributed by atoms with Crippen LogP contribution in [0.5, 0.6) is 0 Å². The first-order valence-electron chi connectivity index (χ1n) is 10.2. The maximum absolute atomic E-state index is 12.6. The normalized spacial score (nSPS) is 60.1. The fourth-order valence-corrected chi connectivity index (χ4v) is 7.66. The molecule has 2 saturated heterocycles. The van der Waals surface area contributed by atoms with Gasteiger partial charge in [-0.2, -0.15) is 0 Å². The van der Waals surface area contributed by atoms with Gasteiger partial charge in [0.05, 0.1) is 18.6 Å². The van der Waals surface area contributed by atoms with Crippen LogP contribution in [0.1, 0.15) is 20.3 Å². The maximum Gasteiger partial charge on any atom is 0.338 e. The minimum absolute atomic E-state index is 0.0164. The van der Waals surface area contributed by atoms with Crippen LogP contribution in [0.25, 0.3) is 0 Å². The van der Waals surface area contributed by atoms with Crippen molar-refractivity contribution in [1.29, 1.82) is 0 Å². The van der Waals surface area contributed by atoms with Crippen LogP contribution in [0, 0.1) is 22.7 Å². The zero-order valence-electron chi connectivity index (χ0n) is 16.9. The van der Waals surface area contributed by atoms with Crippen molar-refractivity contribution in [2.45, 2.75) is 61.7 Å². The van der Waals surface area contributed by atoms with E-state index in [2.05, 4.69) is 0 Å². The van der Waals surface area contributed by atoms with E-state index in [1.54, 1.807) is 6.92 Å². The summed E-state index contributed by atoms with van der Waals surface area (Å²) in [7, 11) is 0. The molecule has 172 valence electrons. The minimum atomic E-state index is -2.98. The molecular weight excluding hydrogens is 416 g/mol. The second-order valence-electron chi connectivity index (χ2n) is 9.94. The smallest absolute Gasteiger partial charge is 0.338 e. The van der Waals surface area contributed by atoms with Crippen molar-refractivity contribution in [3.63, 3.8) is 0 Å². The molecule has 0 aromatic carbocycles. The second-order valence-corrected chi connectivity index (χ2v) is 9.94. The van der Waals surface area contributed by atoms with Gasteiger partial charge in [-0.05, 0) is 25.3 Å². The van der Waals surface area contributed by atoms with Crippen LogP contribution in [-0.4, -0.2) is 102 Å². The Morgan fingerprint density at radius 2 is 1.77 bits per heavy atom. The van der Waals surface area contributed by atoms with E-state index in [4.69, 9.17) is 9.47 Å². The summed E-state index contributed by atoms with van der Waals surface area (Å²) in [5.41, 5.74) is -8.85. The summed E-state index contributed by atoms with van der Waals surface area (Å²) in [6, 6.07) is 0. The van der Waals surface area contributed by atoms with Crippen molar-refractivity contribution in [2.75, 3.05) is 13.2 Å². The molecule has 4 fully saturated rings. The molecule has 5 rings (SSSR count). The van der Waals surface area contributed by atoms with Gasteiger partial charge in [-0.1, -0.05) is 12.5 Å². The average molecular weight is 442 g/mol. The molecule has 0 amide bonds. The van der Waals surface area contributed by atoms with Crippen molar-refractivity contribution in [2.24, 2.45) is 22.7 Å². The van der Waals surface area contributed by atoms with Crippen LogP contribution in [0.15, 0.2) is 11.6 Å². The Morgan fingerprint density at radius 3 is 2.39 bits per heavy atom. The van der Waals surface area contributed by atoms with Gasteiger partial charge >= 0.3 is 5.97 Å². The van der Waals surface area contributed by atoms with Crippen molar-refractivity contribution in [3.8, 4) is 0 Å². The predicted octanol–water partition coefficient (Wildman–Crippen LogP) is -3.66. The number of allylic oxidation sites excluding steroid dienone is 1. The van der Waals surface area contributed by atoms with E-state index >= 15 is 0 Å². The van der Waals surface area contributed by atoms with E-state index < -0.39 is 89.0 Å². The molecule has 31 heavy (non-hydrogen) atoms. The Hall–Kier alpha value is -1.44. The molecule has 11 heteroatoms. The van der Waals surface area contributed by atoms with Gasteiger partial charge in [-0.25, -0.2) is 4.79 Å². The highest BCUT2D eigenvalue weighted by molar-refractivity contribution is 5.96. The third-order valence-electron chi connectivity index (χ3n) is 8.98. The van der Waals surface area contributed by atoms with Gasteiger partial charge in [0.15, 0.2) is 23.3 Å². The summed E-state index contributed by atoms with van der Waals surface area (Å²) in [4.78, 5) is 25.1. The Balaban J connectivity index is 1.87. The number of carbonyl (C=O) groups excluding carboxylic acids is 2. The Morgan fingerprint density at radius 1 is 1.13 bits per heavy atom. The molecule has 11 nitrogen and oxygen atoms in total. The lowest BCUT2D eigenvalue weighted by atomic mass is 9.35. The molecule has 3 aliphatic carbocycles.